The van der Waals surface area contributed by atoms with E-state index in [1.54, 1.807) is 12.1 Å². The SMILES string of the molecule is CCNC(=NCc1cccc(S(N)(=O)=O)c1)N(C)Cc1ccccc1. The highest BCUT2D eigenvalue weighted by molar-refractivity contribution is 7.89. The summed E-state index contributed by atoms with van der Waals surface area (Å²) < 4.78 is 22.9. The first-order valence-corrected chi connectivity index (χ1v) is 9.60. The molecule has 0 aliphatic carbocycles. The van der Waals surface area contributed by atoms with Gasteiger partial charge in [0, 0.05) is 20.1 Å². The number of nitrogens with two attached hydrogens (primary N) is 1. The molecule has 0 saturated carbocycles. The lowest BCUT2D eigenvalue weighted by atomic mass is 10.2. The zero-order valence-corrected chi connectivity index (χ0v) is 15.3. The van der Waals surface area contributed by atoms with Gasteiger partial charge in [-0.1, -0.05) is 42.5 Å². The van der Waals surface area contributed by atoms with Crippen molar-refractivity contribution in [1.82, 2.24) is 10.2 Å². The van der Waals surface area contributed by atoms with Crippen LogP contribution < -0.4 is 10.5 Å². The van der Waals surface area contributed by atoms with Gasteiger partial charge in [-0.3, -0.25) is 0 Å². The molecule has 0 saturated heterocycles. The normalized spacial score (nSPS) is 12.0. The van der Waals surface area contributed by atoms with Crippen molar-refractivity contribution in [3.8, 4) is 0 Å². The number of sulfonamides is 1. The summed E-state index contributed by atoms with van der Waals surface area (Å²) in [5, 5.41) is 8.43. The fraction of sp³-hybridized carbons (Fsp3) is 0.278. The highest BCUT2D eigenvalue weighted by Crippen LogP contribution is 2.11. The fourth-order valence-electron chi connectivity index (χ4n) is 2.39. The van der Waals surface area contributed by atoms with Crippen molar-refractivity contribution in [2.45, 2.75) is 24.9 Å². The third kappa shape index (κ3) is 5.88. The Morgan fingerprint density at radius 1 is 1.12 bits per heavy atom. The molecule has 6 nitrogen and oxygen atoms in total. The van der Waals surface area contributed by atoms with E-state index < -0.39 is 10.0 Å². The van der Waals surface area contributed by atoms with Gasteiger partial charge >= 0.3 is 0 Å². The van der Waals surface area contributed by atoms with Crippen LogP contribution in [-0.2, 0) is 23.1 Å². The van der Waals surface area contributed by atoms with Crippen LogP contribution in [0.5, 0.6) is 0 Å². The van der Waals surface area contributed by atoms with Gasteiger partial charge in [0.25, 0.3) is 0 Å². The number of aliphatic imine (C=N–C) groups is 1. The molecule has 0 unspecified atom stereocenters. The minimum atomic E-state index is -3.71. The molecule has 2 aromatic rings. The highest BCUT2D eigenvalue weighted by Gasteiger charge is 2.09. The van der Waals surface area contributed by atoms with Gasteiger partial charge in [0.05, 0.1) is 11.4 Å². The minimum absolute atomic E-state index is 0.0999. The first-order chi connectivity index (χ1) is 11.9. The summed E-state index contributed by atoms with van der Waals surface area (Å²) in [5.41, 5.74) is 1.97. The number of benzene rings is 2. The average Bonchev–Trinajstić information content (AvgIpc) is 2.59. The molecule has 0 fully saturated rings. The van der Waals surface area contributed by atoms with Crippen LogP contribution in [-0.4, -0.2) is 32.9 Å². The summed E-state index contributed by atoms with van der Waals surface area (Å²) in [7, 11) is -1.74. The Hall–Kier alpha value is -2.38. The van der Waals surface area contributed by atoms with Crippen molar-refractivity contribution >= 4 is 16.0 Å². The largest absolute Gasteiger partial charge is 0.357 e. The molecule has 0 spiro atoms. The maximum absolute atomic E-state index is 11.5. The molecule has 3 N–H and O–H groups in total. The van der Waals surface area contributed by atoms with Crippen molar-refractivity contribution < 1.29 is 8.42 Å². The van der Waals surface area contributed by atoms with Crippen molar-refractivity contribution in [1.29, 1.82) is 0 Å². The van der Waals surface area contributed by atoms with Gasteiger partial charge < -0.3 is 10.2 Å². The van der Waals surface area contributed by atoms with Crippen LogP contribution in [0.25, 0.3) is 0 Å². The molecule has 0 radical (unpaired) electrons. The van der Waals surface area contributed by atoms with Gasteiger partial charge in [-0.25, -0.2) is 18.5 Å². The first kappa shape index (κ1) is 19.0. The van der Waals surface area contributed by atoms with Gasteiger partial charge in [-0.05, 0) is 30.2 Å². The molecule has 0 aromatic heterocycles. The lowest BCUT2D eigenvalue weighted by Crippen LogP contribution is -2.38. The molecule has 134 valence electrons. The molecule has 2 aromatic carbocycles. The lowest BCUT2D eigenvalue weighted by molar-refractivity contribution is 0.477. The van der Waals surface area contributed by atoms with E-state index in [4.69, 9.17) is 5.14 Å². The molecule has 25 heavy (non-hydrogen) atoms. The Labute approximate surface area is 149 Å². The van der Waals surface area contributed by atoms with E-state index in [1.165, 1.54) is 11.6 Å². The van der Waals surface area contributed by atoms with Gasteiger partial charge in [0.1, 0.15) is 0 Å². The Morgan fingerprint density at radius 2 is 1.80 bits per heavy atom. The van der Waals surface area contributed by atoms with E-state index in [0.717, 1.165) is 24.6 Å². The van der Waals surface area contributed by atoms with E-state index >= 15 is 0 Å². The maximum Gasteiger partial charge on any atom is 0.238 e. The number of hydrogen-bond acceptors (Lipinski definition) is 3. The van der Waals surface area contributed by atoms with Crippen LogP contribution in [0.1, 0.15) is 18.1 Å². The van der Waals surface area contributed by atoms with Crippen molar-refractivity contribution in [2.24, 2.45) is 10.1 Å². The van der Waals surface area contributed by atoms with Crippen LogP contribution in [0.4, 0.5) is 0 Å². The Kier molecular flexibility index (Phi) is 6.55. The predicted molar refractivity (Wildman–Crippen MR) is 101 cm³/mol. The van der Waals surface area contributed by atoms with Gasteiger partial charge in [0.2, 0.25) is 10.0 Å². The van der Waals surface area contributed by atoms with Gasteiger partial charge in [-0.2, -0.15) is 0 Å². The molecular formula is C18H24N4O2S. The number of guanidine groups is 1. The smallest absolute Gasteiger partial charge is 0.238 e. The second-order valence-corrected chi connectivity index (χ2v) is 7.27. The second kappa shape index (κ2) is 8.64. The third-order valence-corrected chi connectivity index (χ3v) is 4.51. The number of hydrogen-bond donors (Lipinski definition) is 2. The molecular weight excluding hydrogens is 336 g/mol. The summed E-state index contributed by atoms with van der Waals surface area (Å²) >= 11 is 0. The predicted octanol–water partition coefficient (Wildman–Crippen LogP) is 1.93. The zero-order valence-electron chi connectivity index (χ0n) is 14.5. The number of nitrogens with one attached hydrogen (secondary N) is 1. The third-order valence-electron chi connectivity index (χ3n) is 3.60. The van der Waals surface area contributed by atoms with Crippen LogP contribution in [0.15, 0.2) is 64.5 Å². The molecule has 0 heterocycles. The summed E-state index contributed by atoms with van der Waals surface area (Å²) in [6.45, 7) is 3.84. The fourth-order valence-corrected chi connectivity index (χ4v) is 2.97. The molecule has 0 aliphatic rings. The summed E-state index contributed by atoms with van der Waals surface area (Å²) in [6.07, 6.45) is 0. The molecule has 0 amide bonds. The van der Waals surface area contributed by atoms with Crippen LogP contribution >= 0.6 is 0 Å². The van der Waals surface area contributed by atoms with E-state index in [9.17, 15) is 8.42 Å². The first-order valence-electron chi connectivity index (χ1n) is 8.05. The van der Waals surface area contributed by atoms with Crippen molar-refractivity contribution in [3.63, 3.8) is 0 Å². The number of primary sulfonamides is 1. The van der Waals surface area contributed by atoms with E-state index in [1.807, 2.05) is 43.1 Å². The zero-order chi connectivity index (χ0) is 18.3. The standard InChI is InChI=1S/C18H24N4O2S/c1-3-20-18(22(2)14-15-8-5-4-6-9-15)21-13-16-10-7-11-17(12-16)25(19,23)24/h4-12H,3,13-14H2,1-2H3,(H,20,21)(H2,19,23,24). The summed E-state index contributed by atoms with van der Waals surface area (Å²) in [6, 6.07) is 16.7. The molecule has 7 heteroatoms. The Balaban J connectivity index is 2.14. The van der Waals surface area contributed by atoms with Crippen LogP contribution in [0.3, 0.4) is 0 Å². The van der Waals surface area contributed by atoms with Crippen LogP contribution in [0.2, 0.25) is 0 Å². The van der Waals surface area contributed by atoms with Crippen LogP contribution in [0, 0.1) is 0 Å². The number of nitrogens with zero attached hydrogens (tertiary/aromatic N) is 2. The molecule has 0 atom stereocenters. The van der Waals surface area contributed by atoms with Crippen molar-refractivity contribution in [3.05, 3.63) is 65.7 Å². The van der Waals surface area contributed by atoms with E-state index in [-0.39, 0.29) is 4.90 Å². The summed E-state index contributed by atoms with van der Waals surface area (Å²) in [4.78, 5) is 6.73. The monoisotopic (exact) mass is 360 g/mol. The van der Waals surface area contributed by atoms with E-state index in [2.05, 4.69) is 22.4 Å². The van der Waals surface area contributed by atoms with Gasteiger partial charge in [-0.15, -0.1) is 0 Å². The van der Waals surface area contributed by atoms with E-state index in [0.29, 0.717) is 6.54 Å². The highest BCUT2D eigenvalue weighted by atomic mass is 32.2. The topological polar surface area (TPSA) is 87.8 Å². The lowest BCUT2D eigenvalue weighted by Gasteiger charge is -2.22. The molecule has 0 bridgehead atoms. The maximum atomic E-state index is 11.5. The van der Waals surface area contributed by atoms with Gasteiger partial charge in [0.15, 0.2) is 5.96 Å². The van der Waals surface area contributed by atoms with Crippen molar-refractivity contribution in [2.75, 3.05) is 13.6 Å². The second-order valence-electron chi connectivity index (χ2n) is 5.70. The molecule has 0 aliphatic heterocycles. The average molecular weight is 360 g/mol. The minimum Gasteiger partial charge on any atom is -0.357 e. The number of rotatable bonds is 6. The molecule has 2 rings (SSSR count). The quantitative estimate of drug-likeness (QED) is 0.609. The summed E-state index contributed by atoms with van der Waals surface area (Å²) in [5.74, 6) is 0.757. The Bertz CT molecular complexity index is 820. The Morgan fingerprint density at radius 3 is 2.44 bits per heavy atom.